The molecule has 106 valence electrons. The number of hydrogen-bond donors (Lipinski definition) is 1. The van der Waals surface area contributed by atoms with Crippen molar-refractivity contribution >= 4 is 11.4 Å². The summed E-state index contributed by atoms with van der Waals surface area (Å²) >= 11 is 0. The average Bonchev–Trinajstić information content (AvgIpc) is 2.52. The third-order valence-corrected chi connectivity index (χ3v) is 3.15. The summed E-state index contributed by atoms with van der Waals surface area (Å²) in [7, 11) is 0. The highest BCUT2D eigenvalue weighted by atomic mass is 19.4. The second-order valence-electron chi connectivity index (χ2n) is 4.75. The van der Waals surface area contributed by atoms with Gasteiger partial charge in [-0.15, -0.1) is 0 Å². The maximum atomic E-state index is 12.6. The Labute approximate surface area is 110 Å². The van der Waals surface area contributed by atoms with Gasteiger partial charge in [-0.2, -0.15) is 13.2 Å². The van der Waals surface area contributed by atoms with Crippen molar-refractivity contribution in [1.29, 1.82) is 0 Å². The Morgan fingerprint density at radius 3 is 2.74 bits per heavy atom. The minimum atomic E-state index is -4.36. The number of rotatable bonds is 1. The third-order valence-electron chi connectivity index (χ3n) is 3.15. The molecular weight excluding hydrogens is 257 g/mol. The van der Waals surface area contributed by atoms with Crippen LogP contribution in [0.25, 0.3) is 0 Å². The monoisotopic (exact) mass is 274 g/mol. The van der Waals surface area contributed by atoms with Crippen LogP contribution in [-0.2, 0) is 10.9 Å². The van der Waals surface area contributed by atoms with Crippen molar-refractivity contribution in [2.24, 2.45) is 0 Å². The summed E-state index contributed by atoms with van der Waals surface area (Å²) in [5.74, 6) is 0. The van der Waals surface area contributed by atoms with Crippen LogP contribution in [-0.4, -0.2) is 25.8 Å². The van der Waals surface area contributed by atoms with E-state index in [1.165, 1.54) is 6.07 Å². The highest BCUT2D eigenvalue weighted by Gasteiger charge is 2.31. The van der Waals surface area contributed by atoms with E-state index >= 15 is 0 Å². The summed E-state index contributed by atoms with van der Waals surface area (Å²) in [5.41, 5.74) is 5.85. The van der Waals surface area contributed by atoms with E-state index in [0.29, 0.717) is 18.8 Å². The van der Waals surface area contributed by atoms with Crippen molar-refractivity contribution in [3.8, 4) is 0 Å². The lowest BCUT2D eigenvalue weighted by atomic mass is 10.1. The summed E-state index contributed by atoms with van der Waals surface area (Å²) in [6, 6.07) is 3.50. The number of nitrogens with zero attached hydrogens (tertiary/aromatic N) is 1. The molecule has 0 amide bonds. The number of nitrogen functional groups attached to an aromatic ring is 1. The molecule has 1 aliphatic heterocycles. The fourth-order valence-corrected chi connectivity index (χ4v) is 2.23. The molecule has 3 nitrogen and oxygen atoms in total. The van der Waals surface area contributed by atoms with Crippen LogP contribution >= 0.6 is 0 Å². The quantitative estimate of drug-likeness (QED) is 0.800. The molecule has 2 N–H and O–H groups in total. The summed E-state index contributed by atoms with van der Waals surface area (Å²) in [6.45, 7) is 3.98. The lowest BCUT2D eigenvalue weighted by Gasteiger charge is -2.26. The van der Waals surface area contributed by atoms with Gasteiger partial charge in [0.25, 0.3) is 0 Å². The zero-order valence-corrected chi connectivity index (χ0v) is 10.7. The number of anilines is 2. The first-order valence-electron chi connectivity index (χ1n) is 6.21. The zero-order valence-electron chi connectivity index (χ0n) is 10.7. The number of halogens is 3. The van der Waals surface area contributed by atoms with Gasteiger partial charge >= 0.3 is 6.18 Å². The van der Waals surface area contributed by atoms with E-state index in [1.807, 2.05) is 11.8 Å². The molecule has 1 aromatic carbocycles. The van der Waals surface area contributed by atoms with Gasteiger partial charge in [-0.3, -0.25) is 0 Å². The Bertz CT molecular complexity index is 448. The lowest BCUT2D eigenvalue weighted by molar-refractivity contribution is -0.137. The van der Waals surface area contributed by atoms with Gasteiger partial charge in [-0.25, -0.2) is 0 Å². The maximum Gasteiger partial charge on any atom is 0.416 e. The van der Waals surface area contributed by atoms with Crippen LogP contribution in [0.1, 0.15) is 18.9 Å². The van der Waals surface area contributed by atoms with Crippen molar-refractivity contribution in [3.05, 3.63) is 23.8 Å². The SMILES string of the molecule is CC1CN(c2ccc(C(F)(F)F)cc2N)CCCO1. The van der Waals surface area contributed by atoms with Crippen molar-refractivity contribution in [1.82, 2.24) is 0 Å². The molecule has 1 unspecified atom stereocenters. The topological polar surface area (TPSA) is 38.5 Å². The van der Waals surface area contributed by atoms with E-state index in [4.69, 9.17) is 10.5 Å². The van der Waals surface area contributed by atoms with Crippen molar-refractivity contribution in [3.63, 3.8) is 0 Å². The van der Waals surface area contributed by atoms with Crippen LogP contribution in [0.4, 0.5) is 24.5 Å². The van der Waals surface area contributed by atoms with Gasteiger partial charge in [0.2, 0.25) is 0 Å². The minimum absolute atomic E-state index is 0.0455. The van der Waals surface area contributed by atoms with E-state index in [1.54, 1.807) is 0 Å². The average molecular weight is 274 g/mol. The van der Waals surface area contributed by atoms with E-state index < -0.39 is 11.7 Å². The summed E-state index contributed by atoms with van der Waals surface area (Å²) < 4.78 is 43.2. The van der Waals surface area contributed by atoms with Crippen LogP contribution < -0.4 is 10.6 Å². The van der Waals surface area contributed by atoms with Gasteiger partial charge in [-0.1, -0.05) is 0 Å². The first-order chi connectivity index (χ1) is 8.88. The molecule has 0 spiro atoms. The molecule has 0 bridgehead atoms. The summed E-state index contributed by atoms with van der Waals surface area (Å²) in [5, 5.41) is 0. The first kappa shape index (κ1) is 14.0. The number of benzene rings is 1. The number of alkyl halides is 3. The molecule has 1 aliphatic rings. The van der Waals surface area contributed by atoms with Crippen LogP contribution in [0, 0.1) is 0 Å². The first-order valence-corrected chi connectivity index (χ1v) is 6.21. The fourth-order valence-electron chi connectivity index (χ4n) is 2.23. The molecule has 19 heavy (non-hydrogen) atoms. The third kappa shape index (κ3) is 3.32. The second kappa shape index (κ2) is 5.28. The van der Waals surface area contributed by atoms with E-state index in [0.717, 1.165) is 25.1 Å². The van der Waals surface area contributed by atoms with E-state index in [-0.39, 0.29) is 11.8 Å². The van der Waals surface area contributed by atoms with Crippen LogP contribution in [0.15, 0.2) is 18.2 Å². The number of ether oxygens (including phenoxy) is 1. The Morgan fingerprint density at radius 2 is 2.11 bits per heavy atom. The standard InChI is InChI=1S/C13H17F3N2O/c1-9-8-18(5-2-6-19-9)12-4-3-10(7-11(12)17)13(14,15)16/h3-4,7,9H,2,5-6,8,17H2,1H3. The molecule has 1 fully saturated rings. The molecule has 0 saturated carbocycles. The largest absolute Gasteiger partial charge is 0.416 e. The van der Waals surface area contributed by atoms with Gasteiger partial charge < -0.3 is 15.4 Å². The van der Waals surface area contributed by atoms with Crippen molar-refractivity contribution in [2.45, 2.75) is 25.6 Å². The van der Waals surface area contributed by atoms with Gasteiger partial charge in [0, 0.05) is 19.7 Å². The van der Waals surface area contributed by atoms with E-state index in [9.17, 15) is 13.2 Å². The van der Waals surface area contributed by atoms with Crippen molar-refractivity contribution in [2.75, 3.05) is 30.3 Å². The van der Waals surface area contributed by atoms with Crippen LogP contribution in [0.5, 0.6) is 0 Å². The molecule has 2 rings (SSSR count). The molecule has 0 radical (unpaired) electrons. The Morgan fingerprint density at radius 1 is 1.37 bits per heavy atom. The van der Waals surface area contributed by atoms with Crippen LogP contribution in [0.2, 0.25) is 0 Å². The predicted molar refractivity (Wildman–Crippen MR) is 68.1 cm³/mol. The fraction of sp³-hybridized carbons (Fsp3) is 0.538. The zero-order chi connectivity index (χ0) is 14.0. The molecule has 1 atom stereocenters. The molecular formula is C13H17F3N2O. The normalized spacial score (nSPS) is 21.3. The number of hydrogen-bond acceptors (Lipinski definition) is 3. The summed E-state index contributed by atoms with van der Waals surface area (Å²) in [6.07, 6.45) is -3.48. The minimum Gasteiger partial charge on any atom is -0.397 e. The second-order valence-corrected chi connectivity index (χ2v) is 4.75. The molecule has 1 heterocycles. The molecule has 0 aromatic heterocycles. The maximum absolute atomic E-state index is 12.6. The van der Waals surface area contributed by atoms with E-state index in [2.05, 4.69) is 0 Å². The molecule has 1 aromatic rings. The van der Waals surface area contributed by atoms with Gasteiger partial charge in [0.1, 0.15) is 0 Å². The molecule has 0 aliphatic carbocycles. The smallest absolute Gasteiger partial charge is 0.397 e. The lowest BCUT2D eigenvalue weighted by Crippen LogP contribution is -2.30. The van der Waals surface area contributed by atoms with Gasteiger partial charge in [-0.05, 0) is 31.5 Å². The Kier molecular flexibility index (Phi) is 3.89. The van der Waals surface area contributed by atoms with Crippen molar-refractivity contribution < 1.29 is 17.9 Å². The Hall–Kier alpha value is -1.43. The molecule has 1 saturated heterocycles. The number of nitrogens with two attached hydrogens (primary N) is 1. The summed E-state index contributed by atoms with van der Waals surface area (Å²) in [4.78, 5) is 1.98. The Balaban J connectivity index is 2.25. The van der Waals surface area contributed by atoms with Gasteiger partial charge in [0.05, 0.1) is 23.0 Å². The highest BCUT2D eigenvalue weighted by Crippen LogP contribution is 2.34. The molecule has 6 heteroatoms. The predicted octanol–water partition coefficient (Wildman–Crippen LogP) is 2.90. The van der Waals surface area contributed by atoms with Gasteiger partial charge in [0.15, 0.2) is 0 Å². The highest BCUT2D eigenvalue weighted by molar-refractivity contribution is 5.68. The van der Waals surface area contributed by atoms with Crippen LogP contribution in [0.3, 0.4) is 0 Å².